The van der Waals surface area contributed by atoms with E-state index in [2.05, 4.69) is 5.16 Å². The van der Waals surface area contributed by atoms with Crippen LogP contribution in [0.2, 0.25) is 10.0 Å². The van der Waals surface area contributed by atoms with Gasteiger partial charge in [-0.25, -0.2) is 4.39 Å². The number of piperazine rings is 1. The lowest BCUT2D eigenvalue weighted by Gasteiger charge is -2.32. The van der Waals surface area contributed by atoms with Crippen LogP contribution in [0.5, 0.6) is 0 Å². The summed E-state index contributed by atoms with van der Waals surface area (Å²) in [7, 11) is 0. The Bertz CT molecular complexity index is 1300. The third-order valence-electron chi connectivity index (χ3n) is 6.41. The number of carbonyl (C=O) groups is 3. The highest BCUT2D eigenvalue weighted by atomic mass is 35.5. The van der Waals surface area contributed by atoms with E-state index >= 15 is 0 Å². The summed E-state index contributed by atoms with van der Waals surface area (Å²) in [5, 5.41) is 3.78. The van der Waals surface area contributed by atoms with Crippen LogP contribution in [0.15, 0.2) is 41.6 Å². The molecule has 0 radical (unpaired) electrons. The van der Waals surface area contributed by atoms with Crippen LogP contribution in [-0.2, 0) is 26.4 Å². The van der Waals surface area contributed by atoms with Gasteiger partial charge in [0.15, 0.2) is 0 Å². The predicted octanol–water partition coefficient (Wildman–Crippen LogP) is 4.92. The van der Waals surface area contributed by atoms with E-state index in [-0.39, 0.29) is 33.4 Å². The second kappa shape index (κ2) is 10.5. The molecule has 0 aliphatic carbocycles. The minimum Gasteiger partial charge on any atom is -0.374 e. The van der Waals surface area contributed by atoms with Gasteiger partial charge in [-0.2, -0.15) is 13.2 Å². The van der Waals surface area contributed by atoms with Crippen molar-refractivity contribution in [2.24, 2.45) is 5.16 Å². The maximum atomic E-state index is 14.3. The first-order valence-electron chi connectivity index (χ1n) is 11.5. The Labute approximate surface area is 224 Å². The molecule has 2 aliphatic rings. The summed E-state index contributed by atoms with van der Waals surface area (Å²) >= 11 is 11.9. The molecule has 2 aromatic rings. The zero-order valence-electron chi connectivity index (χ0n) is 19.9. The van der Waals surface area contributed by atoms with Crippen LogP contribution >= 0.6 is 23.2 Å². The second-order valence-electron chi connectivity index (χ2n) is 8.80. The summed E-state index contributed by atoms with van der Waals surface area (Å²) in [6.07, 6.45) is -5.19. The van der Waals surface area contributed by atoms with Crippen molar-refractivity contribution in [1.82, 2.24) is 9.80 Å². The van der Waals surface area contributed by atoms with E-state index in [9.17, 15) is 31.9 Å². The Morgan fingerprint density at radius 3 is 2.26 bits per heavy atom. The first kappa shape index (κ1) is 27.8. The lowest BCUT2D eigenvalue weighted by atomic mass is 9.85. The van der Waals surface area contributed by atoms with Gasteiger partial charge < -0.3 is 9.74 Å². The van der Waals surface area contributed by atoms with Crippen LogP contribution in [-0.4, -0.2) is 65.7 Å². The largest absolute Gasteiger partial charge is 0.435 e. The van der Waals surface area contributed by atoms with Gasteiger partial charge in [0.05, 0.1) is 12.3 Å². The van der Waals surface area contributed by atoms with Gasteiger partial charge in [-0.15, -0.1) is 0 Å². The summed E-state index contributed by atoms with van der Waals surface area (Å²) in [6, 6.07) is 7.86. The first-order chi connectivity index (χ1) is 17.9. The zero-order chi connectivity index (χ0) is 27.8. The monoisotopic (exact) mass is 573 g/mol. The molecule has 7 nitrogen and oxygen atoms in total. The van der Waals surface area contributed by atoms with Crippen LogP contribution in [0.4, 0.5) is 17.6 Å². The molecular formula is C25H21Cl2F4N3O4. The molecule has 13 heteroatoms. The second-order valence-corrected chi connectivity index (χ2v) is 9.68. The standard InChI is InChI=1S/C25H21Cl2F4N3O4/c1-2-14-7-15(23(37)33-12-21(35)34(6-5-28)22(36)13-33)3-4-19(14)20-11-24(38-32-20,25(29,30)31)16-8-17(26)10-18(27)9-16/h3-4,7-10H,2,5-6,11-13H2,1H3. The summed E-state index contributed by atoms with van der Waals surface area (Å²) in [5.41, 5.74) is -2.10. The van der Waals surface area contributed by atoms with Gasteiger partial charge in [0.25, 0.3) is 11.5 Å². The molecule has 0 saturated carbocycles. The highest BCUT2D eigenvalue weighted by Crippen LogP contribution is 2.50. The fraction of sp³-hybridized carbons (Fsp3) is 0.360. The number of amides is 3. The van der Waals surface area contributed by atoms with Crippen molar-refractivity contribution in [2.45, 2.75) is 31.5 Å². The normalized spacial score (nSPS) is 20.0. The Hall–Kier alpha value is -3.18. The smallest absolute Gasteiger partial charge is 0.374 e. The lowest BCUT2D eigenvalue weighted by Crippen LogP contribution is -2.56. The number of aryl methyl sites for hydroxylation is 1. The van der Waals surface area contributed by atoms with Crippen molar-refractivity contribution in [2.75, 3.05) is 26.3 Å². The zero-order valence-corrected chi connectivity index (χ0v) is 21.5. The predicted molar refractivity (Wildman–Crippen MR) is 131 cm³/mol. The average molecular weight is 574 g/mol. The van der Waals surface area contributed by atoms with Crippen LogP contribution in [0.1, 0.15) is 40.4 Å². The number of oxime groups is 1. The Morgan fingerprint density at radius 2 is 1.71 bits per heavy atom. The van der Waals surface area contributed by atoms with Crippen LogP contribution in [0, 0.1) is 0 Å². The fourth-order valence-electron chi connectivity index (χ4n) is 4.49. The maximum Gasteiger partial charge on any atom is 0.435 e. The summed E-state index contributed by atoms with van der Waals surface area (Å²) < 4.78 is 55.6. The Kier molecular flexibility index (Phi) is 7.72. The van der Waals surface area contributed by atoms with Crippen molar-refractivity contribution < 1.29 is 36.8 Å². The van der Waals surface area contributed by atoms with Gasteiger partial charge in [0.1, 0.15) is 19.8 Å². The minimum atomic E-state index is -4.86. The third kappa shape index (κ3) is 5.09. The number of nitrogens with zero attached hydrogens (tertiary/aromatic N) is 3. The van der Waals surface area contributed by atoms with Gasteiger partial charge in [-0.05, 0) is 42.3 Å². The Morgan fingerprint density at radius 1 is 1.08 bits per heavy atom. The number of hydrogen-bond donors (Lipinski definition) is 0. The van der Waals surface area contributed by atoms with E-state index < -0.39 is 55.7 Å². The van der Waals surface area contributed by atoms with Crippen molar-refractivity contribution in [1.29, 1.82) is 0 Å². The molecule has 0 N–H and O–H groups in total. The average Bonchev–Trinajstić information content (AvgIpc) is 3.31. The van der Waals surface area contributed by atoms with Gasteiger partial charge in [-0.3, -0.25) is 19.3 Å². The summed E-state index contributed by atoms with van der Waals surface area (Å²) in [6.45, 7) is -0.311. The molecule has 2 aliphatic heterocycles. The summed E-state index contributed by atoms with van der Waals surface area (Å²) in [4.78, 5) is 44.3. The van der Waals surface area contributed by atoms with Gasteiger partial charge in [0.2, 0.25) is 11.8 Å². The van der Waals surface area contributed by atoms with E-state index in [1.807, 2.05) is 0 Å². The van der Waals surface area contributed by atoms with Crippen molar-refractivity contribution in [3.05, 3.63) is 68.7 Å². The fourth-order valence-corrected chi connectivity index (χ4v) is 5.01. The number of benzene rings is 2. The van der Waals surface area contributed by atoms with E-state index in [4.69, 9.17) is 28.0 Å². The molecule has 38 heavy (non-hydrogen) atoms. The SMILES string of the molecule is CCc1cc(C(=O)N2CC(=O)N(CCF)C(=O)C2)ccc1C1=NOC(c2cc(Cl)cc(Cl)c2)(C(F)(F)F)C1. The molecule has 1 saturated heterocycles. The summed E-state index contributed by atoms with van der Waals surface area (Å²) in [5.74, 6) is -2.00. The Balaban J connectivity index is 1.61. The number of imide groups is 1. The van der Waals surface area contributed by atoms with Crippen LogP contribution in [0.25, 0.3) is 0 Å². The van der Waals surface area contributed by atoms with Crippen LogP contribution < -0.4 is 0 Å². The van der Waals surface area contributed by atoms with Crippen LogP contribution in [0.3, 0.4) is 0 Å². The van der Waals surface area contributed by atoms with E-state index in [0.29, 0.717) is 17.5 Å². The first-order valence-corrected chi connectivity index (χ1v) is 12.3. The third-order valence-corrected chi connectivity index (χ3v) is 6.84. The topological polar surface area (TPSA) is 79.3 Å². The van der Waals surface area contributed by atoms with Gasteiger partial charge in [-0.1, -0.05) is 41.3 Å². The van der Waals surface area contributed by atoms with E-state index in [0.717, 1.165) is 21.9 Å². The number of halogens is 6. The molecule has 1 atom stereocenters. The van der Waals surface area contributed by atoms with Gasteiger partial charge >= 0.3 is 6.18 Å². The maximum absolute atomic E-state index is 14.3. The van der Waals surface area contributed by atoms with Crippen molar-refractivity contribution in [3.63, 3.8) is 0 Å². The lowest BCUT2D eigenvalue weighted by molar-refractivity contribution is -0.275. The number of carbonyl (C=O) groups excluding carboxylic acids is 3. The number of alkyl halides is 4. The molecule has 202 valence electrons. The quantitative estimate of drug-likeness (QED) is 0.363. The molecule has 2 aromatic carbocycles. The number of rotatable bonds is 6. The molecule has 0 spiro atoms. The van der Waals surface area contributed by atoms with Gasteiger partial charge in [0, 0.05) is 33.2 Å². The molecule has 1 unspecified atom stereocenters. The minimum absolute atomic E-state index is 0.00720. The molecule has 0 bridgehead atoms. The molecule has 3 amide bonds. The molecule has 2 heterocycles. The number of hydrogen-bond acceptors (Lipinski definition) is 5. The highest BCUT2D eigenvalue weighted by Gasteiger charge is 2.62. The highest BCUT2D eigenvalue weighted by molar-refractivity contribution is 6.34. The van der Waals surface area contributed by atoms with Crippen molar-refractivity contribution in [3.8, 4) is 0 Å². The molecular weight excluding hydrogens is 553 g/mol. The molecule has 0 aromatic heterocycles. The van der Waals surface area contributed by atoms with E-state index in [1.165, 1.54) is 24.3 Å². The molecule has 1 fully saturated rings. The molecule has 4 rings (SSSR count). The van der Waals surface area contributed by atoms with Crippen molar-refractivity contribution >= 4 is 46.6 Å². The van der Waals surface area contributed by atoms with E-state index in [1.54, 1.807) is 6.92 Å².